The second kappa shape index (κ2) is 12.8. The molecule has 256 valence electrons. The van der Waals surface area contributed by atoms with Crippen LogP contribution in [0.4, 0.5) is 17.1 Å². The molecule has 0 saturated heterocycles. The molecule has 0 aliphatic heterocycles. The van der Waals surface area contributed by atoms with E-state index in [-0.39, 0.29) is 5.41 Å². The summed E-state index contributed by atoms with van der Waals surface area (Å²) in [6, 6.07) is 73.3. The Balaban J connectivity index is 1.13. The topological polar surface area (TPSA) is 3.24 Å². The van der Waals surface area contributed by atoms with Crippen LogP contribution in [-0.4, -0.2) is 0 Å². The average molecular weight is 690 g/mol. The minimum absolute atomic E-state index is 0.0976. The lowest BCUT2D eigenvalue weighted by molar-refractivity contribution is 0.660. The van der Waals surface area contributed by atoms with Crippen molar-refractivity contribution in [2.75, 3.05) is 4.90 Å². The summed E-state index contributed by atoms with van der Waals surface area (Å²) < 4.78 is 0. The molecular formula is C53H39N. The SMILES string of the molecule is CC1(C)c2ccccc2-c2c(N(c3ccc(-c4ccccc4-c4ccccc4)cc3)c3ccc(-c4cc5ccccc5c5ccccc45)cc3)cccc21. The predicted octanol–water partition coefficient (Wildman–Crippen LogP) is 14.8. The first kappa shape index (κ1) is 32.0. The van der Waals surface area contributed by atoms with Crippen molar-refractivity contribution in [3.05, 3.63) is 211 Å². The van der Waals surface area contributed by atoms with Gasteiger partial charge in [0.25, 0.3) is 0 Å². The van der Waals surface area contributed by atoms with E-state index in [0.29, 0.717) is 0 Å². The van der Waals surface area contributed by atoms with E-state index < -0.39 is 0 Å². The van der Waals surface area contributed by atoms with Gasteiger partial charge in [-0.05, 0) is 108 Å². The smallest absolute Gasteiger partial charge is 0.0543 e. The van der Waals surface area contributed by atoms with Gasteiger partial charge in [-0.25, -0.2) is 0 Å². The minimum atomic E-state index is -0.0976. The molecule has 0 amide bonds. The van der Waals surface area contributed by atoms with Gasteiger partial charge in [0.2, 0.25) is 0 Å². The monoisotopic (exact) mass is 689 g/mol. The highest BCUT2D eigenvalue weighted by Gasteiger charge is 2.37. The molecule has 0 heterocycles. The van der Waals surface area contributed by atoms with Crippen LogP contribution < -0.4 is 4.90 Å². The molecule has 54 heavy (non-hydrogen) atoms. The second-order valence-corrected chi connectivity index (χ2v) is 14.9. The maximum atomic E-state index is 2.45. The van der Waals surface area contributed by atoms with Gasteiger partial charge in [0.15, 0.2) is 0 Å². The van der Waals surface area contributed by atoms with Crippen LogP contribution in [0.5, 0.6) is 0 Å². The van der Waals surface area contributed by atoms with Gasteiger partial charge in [0, 0.05) is 22.4 Å². The van der Waals surface area contributed by atoms with Crippen molar-refractivity contribution in [3.63, 3.8) is 0 Å². The lowest BCUT2D eigenvalue weighted by Gasteiger charge is -2.29. The molecule has 10 rings (SSSR count). The Morgan fingerprint density at radius 2 is 0.852 bits per heavy atom. The van der Waals surface area contributed by atoms with Crippen LogP contribution in [0, 0.1) is 0 Å². The van der Waals surface area contributed by atoms with Gasteiger partial charge < -0.3 is 4.90 Å². The predicted molar refractivity (Wildman–Crippen MR) is 230 cm³/mol. The Labute approximate surface area is 317 Å². The van der Waals surface area contributed by atoms with Crippen LogP contribution in [0.1, 0.15) is 25.0 Å². The Kier molecular flexibility index (Phi) is 7.56. The van der Waals surface area contributed by atoms with Gasteiger partial charge in [-0.3, -0.25) is 0 Å². The number of rotatable bonds is 6. The molecule has 1 aliphatic carbocycles. The Morgan fingerprint density at radius 1 is 0.352 bits per heavy atom. The summed E-state index contributed by atoms with van der Waals surface area (Å²) in [7, 11) is 0. The summed E-state index contributed by atoms with van der Waals surface area (Å²) in [5.41, 5.74) is 16.0. The van der Waals surface area contributed by atoms with E-state index in [1.54, 1.807) is 0 Å². The van der Waals surface area contributed by atoms with Gasteiger partial charge in [0.05, 0.1) is 5.69 Å². The summed E-state index contributed by atoms with van der Waals surface area (Å²) >= 11 is 0. The highest BCUT2D eigenvalue weighted by Crippen LogP contribution is 2.54. The molecule has 9 aromatic rings. The van der Waals surface area contributed by atoms with Crippen molar-refractivity contribution in [1.29, 1.82) is 0 Å². The molecule has 1 aliphatic rings. The number of benzene rings is 9. The molecular weight excluding hydrogens is 651 g/mol. The van der Waals surface area contributed by atoms with Gasteiger partial charge in [-0.2, -0.15) is 0 Å². The standard InChI is InChI=1S/C53H39N/c1-53(2)49-24-13-12-23-47(49)52-50(53)25-14-26-51(52)54(40-31-27-37(28-32-40)43-19-9-8-18-42(43)36-15-4-3-5-16-36)41-33-29-38(30-34-41)48-35-39-17-6-7-20-44(39)45-21-10-11-22-46(45)48/h3-35H,1-2H3. The summed E-state index contributed by atoms with van der Waals surface area (Å²) in [5.74, 6) is 0. The van der Waals surface area contributed by atoms with Crippen molar-refractivity contribution in [2.45, 2.75) is 19.3 Å². The molecule has 0 aromatic heterocycles. The molecule has 0 radical (unpaired) electrons. The third kappa shape index (κ3) is 5.16. The maximum absolute atomic E-state index is 2.45. The molecule has 0 N–H and O–H groups in total. The molecule has 0 bridgehead atoms. The fourth-order valence-corrected chi connectivity index (χ4v) is 8.83. The zero-order chi connectivity index (χ0) is 36.2. The van der Waals surface area contributed by atoms with Gasteiger partial charge in [-0.1, -0.05) is 178 Å². The highest BCUT2D eigenvalue weighted by molar-refractivity contribution is 6.13. The molecule has 0 spiro atoms. The van der Waals surface area contributed by atoms with Gasteiger partial charge >= 0.3 is 0 Å². The normalized spacial score (nSPS) is 12.8. The van der Waals surface area contributed by atoms with E-state index in [4.69, 9.17) is 0 Å². The molecule has 0 saturated carbocycles. The number of hydrogen-bond acceptors (Lipinski definition) is 1. The Hall–Kier alpha value is -6.70. The van der Waals surface area contributed by atoms with Crippen molar-refractivity contribution < 1.29 is 0 Å². The van der Waals surface area contributed by atoms with Gasteiger partial charge in [-0.15, -0.1) is 0 Å². The van der Waals surface area contributed by atoms with Crippen LogP contribution >= 0.6 is 0 Å². The van der Waals surface area contributed by atoms with Crippen LogP contribution in [0.25, 0.3) is 66.1 Å². The van der Waals surface area contributed by atoms with E-state index in [9.17, 15) is 0 Å². The molecule has 0 unspecified atom stereocenters. The largest absolute Gasteiger partial charge is 0.310 e. The summed E-state index contributed by atoms with van der Waals surface area (Å²) in [6.45, 7) is 4.71. The number of anilines is 3. The lowest BCUT2D eigenvalue weighted by atomic mass is 9.82. The number of fused-ring (bicyclic) bond motifs is 6. The molecule has 0 fully saturated rings. The van der Waals surface area contributed by atoms with Crippen molar-refractivity contribution in [1.82, 2.24) is 0 Å². The van der Waals surface area contributed by atoms with Crippen LogP contribution in [0.2, 0.25) is 0 Å². The van der Waals surface area contributed by atoms with E-state index in [2.05, 4.69) is 219 Å². The van der Waals surface area contributed by atoms with Crippen LogP contribution in [-0.2, 0) is 5.41 Å². The Bertz CT molecular complexity index is 2830. The fourth-order valence-electron chi connectivity index (χ4n) is 8.83. The fraction of sp³-hybridized carbons (Fsp3) is 0.0566. The number of nitrogens with zero attached hydrogens (tertiary/aromatic N) is 1. The second-order valence-electron chi connectivity index (χ2n) is 14.9. The Morgan fingerprint density at radius 3 is 1.54 bits per heavy atom. The van der Waals surface area contributed by atoms with E-state index in [0.717, 1.165) is 11.4 Å². The average Bonchev–Trinajstić information content (AvgIpc) is 3.48. The zero-order valence-electron chi connectivity index (χ0n) is 30.5. The van der Waals surface area contributed by atoms with E-state index in [1.165, 1.54) is 82.9 Å². The third-order valence-corrected chi connectivity index (χ3v) is 11.5. The summed E-state index contributed by atoms with van der Waals surface area (Å²) in [5, 5.41) is 5.10. The number of hydrogen-bond donors (Lipinski definition) is 0. The van der Waals surface area contributed by atoms with Crippen molar-refractivity contribution >= 4 is 38.6 Å². The maximum Gasteiger partial charge on any atom is 0.0543 e. The first-order valence-electron chi connectivity index (χ1n) is 18.9. The summed E-state index contributed by atoms with van der Waals surface area (Å²) in [4.78, 5) is 2.45. The quantitative estimate of drug-likeness (QED) is 0.157. The molecule has 0 atom stereocenters. The highest BCUT2D eigenvalue weighted by atomic mass is 15.1. The molecule has 1 nitrogen and oxygen atoms in total. The van der Waals surface area contributed by atoms with Crippen molar-refractivity contribution in [3.8, 4) is 44.5 Å². The van der Waals surface area contributed by atoms with Crippen LogP contribution in [0.3, 0.4) is 0 Å². The first-order chi connectivity index (χ1) is 26.6. The minimum Gasteiger partial charge on any atom is -0.310 e. The lowest BCUT2D eigenvalue weighted by Crippen LogP contribution is -2.16. The summed E-state index contributed by atoms with van der Waals surface area (Å²) in [6.07, 6.45) is 0. The first-order valence-corrected chi connectivity index (χ1v) is 18.9. The van der Waals surface area contributed by atoms with Crippen LogP contribution in [0.15, 0.2) is 200 Å². The molecule has 1 heteroatoms. The third-order valence-electron chi connectivity index (χ3n) is 11.5. The zero-order valence-corrected chi connectivity index (χ0v) is 30.5. The van der Waals surface area contributed by atoms with E-state index >= 15 is 0 Å². The van der Waals surface area contributed by atoms with Crippen molar-refractivity contribution in [2.24, 2.45) is 0 Å². The van der Waals surface area contributed by atoms with Gasteiger partial charge in [0.1, 0.15) is 0 Å². The molecule has 9 aromatic carbocycles. The van der Waals surface area contributed by atoms with E-state index in [1.807, 2.05) is 0 Å².